The number of nitrogens with zero attached hydrogens (tertiary/aromatic N) is 1. The molecule has 0 fully saturated rings. The predicted molar refractivity (Wildman–Crippen MR) is 250 cm³/mol. The number of fused-ring (bicyclic) bond motifs is 10. The summed E-state index contributed by atoms with van der Waals surface area (Å²) < 4.78 is 11.5. The molecule has 0 aliphatic rings. The van der Waals surface area contributed by atoms with Crippen molar-refractivity contribution in [2.75, 3.05) is 4.90 Å². The monoisotopic (exact) mass is 775 g/mol. The van der Waals surface area contributed by atoms with E-state index in [4.69, 9.17) is 4.42 Å². The minimum atomic E-state index is 0.931. The third-order valence-electron chi connectivity index (χ3n) is 11.5. The minimum Gasteiger partial charge on any atom is -0.456 e. The zero-order valence-electron chi connectivity index (χ0n) is 31.2. The summed E-state index contributed by atoms with van der Waals surface area (Å²) >= 11 is 3.74. The molecular weight excluding hydrogens is 743 g/mol. The Kier molecular flexibility index (Phi) is 7.62. The molecule has 3 aromatic heterocycles. The van der Waals surface area contributed by atoms with Crippen LogP contribution in [-0.2, 0) is 0 Å². The molecule has 0 bridgehead atoms. The first kappa shape index (κ1) is 33.2. The molecule has 0 saturated carbocycles. The van der Waals surface area contributed by atoms with E-state index < -0.39 is 0 Å². The molecule has 2 nitrogen and oxygen atoms in total. The van der Waals surface area contributed by atoms with Crippen molar-refractivity contribution in [3.63, 3.8) is 0 Å². The van der Waals surface area contributed by atoms with Crippen LogP contribution in [0.4, 0.5) is 17.1 Å². The van der Waals surface area contributed by atoms with Crippen LogP contribution in [-0.4, -0.2) is 0 Å². The lowest BCUT2D eigenvalue weighted by atomic mass is 10.0. The van der Waals surface area contributed by atoms with E-state index >= 15 is 0 Å². The van der Waals surface area contributed by atoms with Gasteiger partial charge in [-0.3, -0.25) is 0 Å². The lowest BCUT2D eigenvalue weighted by Crippen LogP contribution is -2.09. The number of hydrogen-bond acceptors (Lipinski definition) is 4. The van der Waals surface area contributed by atoms with Crippen molar-refractivity contribution >= 4 is 102 Å². The summed E-state index contributed by atoms with van der Waals surface area (Å²) in [6.07, 6.45) is 0. The van der Waals surface area contributed by atoms with Crippen molar-refractivity contribution in [3.8, 4) is 33.4 Å². The molecule has 0 N–H and O–H groups in total. The van der Waals surface area contributed by atoms with Crippen molar-refractivity contribution in [1.29, 1.82) is 0 Å². The average molecular weight is 776 g/mol. The van der Waals surface area contributed by atoms with Crippen molar-refractivity contribution in [2.45, 2.75) is 0 Å². The quantitative estimate of drug-likeness (QED) is 0.167. The van der Waals surface area contributed by atoms with Gasteiger partial charge in [0, 0.05) is 68.2 Å². The van der Waals surface area contributed by atoms with Crippen molar-refractivity contribution in [3.05, 3.63) is 200 Å². The standard InChI is InChI=1S/C54H33NOS2/c1-2-10-34(11-3-1)35-20-26-38(27-21-35)55(39-28-22-36(23-29-39)41-14-8-16-44-43-12-5-7-19-50(43)57-52(41)44)40-30-24-37(25-31-40)42-15-9-17-45-46-32-33-49-51(54(46)58-53(42)45)47-13-4-6-18-48(47)56-49/h1-33H. The van der Waals surface area contributed by atoms with E-state index in [9.17, 15) is 0 Å². The lowest BCUT2D eigenvalue weighted by Gasteiger charge is -2.26. The van der Waals surface area contributed by atoms with Crippen LogP contribution in [0, 0.1) is 0 Å². The van der Waals surface area contributed by atoms with Crippen LogP contribution in [0.5, 0.6) is 0 Å². The molecule has 0 radical (unpaired) electrons. The van der Waals surface area contributed by atoms with Gasteiger partial charge in [0.15, 0.2) is 0 Å². The summed E-state index contributed by atoms with van der Waals surface area (Å²) in [5, 5.41) is 7.56. The average Bonchev–Trinajstić information content (AvgIpc) is 3.99. The Labute approximate surface area is 343 Å². The second-order valence-corrected chi connectivity index (χ2v) is 16.9. The molecule has 4 heteroatoms. The number of anilines is 3. The molecule has 272 valence electrons. The molecule has 0 spiro atoms. The fraction of sp³-hybridized carbons (Fsp3) is 0. The third kappa shape index (κ3) is 5.30. The molecule has 12 rings (SSSR count). The summed E-state index contributed by atoms with van der Waals surface area (Å²) in [5.74, 6) is 0. The molecular formula is C54H33NOS2. The van der Waals surface area contributed by atoms with Crippen LogP contribution in [0.3, 0.4) is 0 Å². The highest BCUT2D eigenvalue weighted by atomic mass is 32.1. The highest BCUT2D eigenvalue weighted by molar-refractivity contribution is 7.27. The molecule has 0 atom stereocenters. The van der Waals surface area contributed by atoms with Gasteiger partial charge in [-0.1, -0.05) is 140 Å². The Morgan fingerprint density at radius 3 is 1.48 bits per heavy atom. The molecule has 3 heterocycles. The largest absolute Gasteiger partial charge is 0.456 e. The van der Waals surface area contributed by atoms with Gasteiger partial charge in [-0.2, -0.15) is 0 Å². The molecule has 12 aromatic rings. The number of thiophene rings is 2. The summed E-state index contributed by atoms with van der Waals surface area (Å²) in [6, 6.07) is 72.5. The Morgan fingerprint density at radius 2 is 0.810 bits per heavy atom. The smallest absolute Gasteiger partial charge is 0.136 e. The van der Waals surface area contributed by atoms with Gasteiger partial charge in [-0.05, 0) is 94.0 Å². The zero-order valence-corrected chi connectivity index (χ0v) is 32.9. The Morgan fingerprint density at radius 1 is 0.310 bits per heavy atom. The van der Waals surface area contributed by atoms with Gasteiger partial charge >= 0.3 is 0 Å². The molecule has 0 unspecified atom stereocenters. The fourth-order valence-electron chi connectivity index (χ4n) is 8.73. The Bertz CT molecular complexity index is 3480. The maximum Gasteiger partial charge on any atom is 0.136 e. The number of furan rings is 1. The Hall–Kier alpha value is -6.98. The number of hydrogen-bond donors (Lipinski definition) is 0. The second kappa shape index (κ2) is 13.3. The van der Waals surface area contributed by atoms with Crippen LogP contribution in [0.25, 0.3) is 95.7 Å². The second-order valence-electron chi connectivity index (χ2n) is 14.8. The van der Waals surface area contributed by atoms with Gasteiger partial charge in [0.05, 0.1) is 0 Å². The Balaban J connectivity index is 0.954. The maximum atomic E-state index is 6.27. The first-order valence-electron chi connectivity index (χ1n) is 19.6. The van der Waals surface area contributed by atoms with E-state index in [0.29, 0.717) is 0 Å². The third-order valence-corrected chi connectivity index (χ3v) is 14.0. The van der Waals surface area contributed by atoms with E-state index in [1.165, 1.54) is 84.5 Å². The molecule has 58 heavy (non-hydrogen) atoms. The highest BCUT2D eigenvalue weighted by Crippen LogP contribution is 2.46. The van der Waals surface area contributed by atoms with Crippen molar-refractivity contribution in [1.82, 2.24) is 0 Å². The molecule has 0 aliphatic heterocycles. The van der Waals surface area contributed by atoms with E-state index in [1.54, 1.807) is 0 Å². The van der Waals surface area contributed by atoms with E-state index in [-0.39, 0.29) is 0 Å². The SMILES string of the molecule is c1ccc(-c2ccc(N(c3ccc(-c4cccc5c4sc4ccccc45)cc3)c3ccc(-c4cccc5c4sc4c5ccc5oc6ccccc6c54)cc3)cc2)cc1. The van der Waals surface area contributed by atoms with Crippen LogP contribution >= 0.6 is 22.7 Å². The summed E-state index contributed by atoms with van der Waals surface area (Å²) in [5.41, 5.74) is 12.5. The van der Waals surface area contributed by atoms with Gasteiger partial charge in [-0.25, -0.2) is 0 Å². The summed E-state index contributed by atoms with van der Waals surface area (Å²) in [6.45, 7) is 0. The van der Waals surface area contributed by atoms with Gasteiger partial charge in [-0.15, -0.1) is 22.7 Å². The van der Waals surface area contributed by atoms with Gasteiger partial charge in [0.2, 0.25) is 0 Å². The van der Waals surface area contributed by atoms with Crippen molar-refractivity contribution in [2.24, 2.45) is 0 Å². The van der Waals surface area contributed by atoms with Gasteiger partial charge in [0.25, 0.3) is 0 Å². The molecule has 9 aromatic carbocycles. The van der Waals surface area contributed by atoms with E-state index in [1.807, 2.05) is 28.7 Å². The van der Waals surface area contributed by atoms with E-state index in [2.05, 4.69) is 199 Å². The van der Waals surface area contributed by atoms with Crippen LogP contribution in [0.15, 0.2) is 205 Å². The van der Waals surface area contributed by atoms with Crippen LogP contribution in [0.1, 0.15) is 0 Å². The topological polar surface area (TPSA) is 16.4 Å². The zero-order chi connectivity index (χ0) is 38.2. The van der Waals surface area contributed by atoms with Crippen molar-refractivity contribution < 1.29 is 4.42 Å². The first-order chi connectivity index (χ1) is 28.7. The lowest BCUT2D eigenvalue weighted by molar-refractivity contribution is 0.669. The summed E-state index contributed by atoms with van der Waals surface area (Å²) in [4.78, 5) is 2.36. The number of para-hydroxylation sites is 1. The van der Waals surface area contributed by atoms with Gasteiger partial charge < -0.3 is 9.32 Å². The van der Waals surface area contributed by atoms with Crippen LogP contribution in [0.2, 0.25) is 0 Å². The number of rotatable bonds is 6. The molecule has 0 saturated heterocycles. The fourth-order valence-corrected chi connectivity index (χ4v) is 11.4. The molecule has 0 amide bonds. The van der Waals surface area contributed by atoms with Gasteiger partial charge in [0.1, 0.15) is 11.2 Å². The maximum absolute atomic E-state index is 6.27. The normalized spacial score (nSPS) is 11.8. The predicted octanol–water partition coefficient (Wildman–Crippen LogP) is 16.8. The minimum absolute atomic E-state index is 0.931. The first-order valence-corrected chi connectivity index (χ1v) is 21.2. The molecule has 0 aliphatic carbocycles. The van der Waals surface area contributed by atoms with Crippen LogP contribution < -0.4 is 4.90 Å². The summed E-state index contributed by atoms with van der Waals surface area (Å²) in [7, 11) is 0. The number of benzene rings is 9. The van der Waals surface area contributed by atoms with E-state index in [0.717, 1.165) is 28.2 Å². The highest BCUT2D eigenvalue weighted by Gasteiger charge is 2.18.